The van der Waals surface area contributed by atoms with Crippen LogP contribution in [0.15, 0.2) is 0 Å². The van der Waals surface area contributed by atoms with Crippen molar-refractivity contribution >= 4 is 11.9 Å². The topological polar surface area (TPSA) is 63.6 Å². The molecule has 1 aliphatic carbocycles. The van der Waals surface area contributed by atoms with E-state index in [1.54, 1.807) is 0 Å². The minimum absolute atomic E-state index is 0.00135. The second-order valence-corrected chi connectivity index (χ2v) is 7.07. The Morgan fingerprint density at radius 1 is 1.14 bits per heavy atom. The highest BCUT2D eigenvalue weighted by molar-refractivity contribution is 5.75. The molecule has 1 aliphatic rings. The molecule has 0 aromatic rings. The lowest BCUT2D eigenvalue weighted by molar-refractivity contribution is -0.157. The zero-order chi connectivity index (χ0) is 16.5. The summed E-state index contributed by atoms with van der Waals surface area (Å²) < 4.78 is 5.71. The van der Waals surface area contributed by atoms with Crippen LogP contribution < -0.4 is 0 Å². The van der Waals surface area contributed by atoms with Crippen LogP contribution in [0, 0.1) is 17.8 Å². The summed E-state index contributed by atoms with van der Waals surface area (Å²) in [5, 5.41) is 9.12. The maximum absolute atomic E-state index is 12.3. The lowest BCUT2D eigenvalue weighted by Gasteiger charge is -2.27. The van der Waals surface area contributed by atoms with Gasteiger partial charge in [-0.3, -0.25) is 9.59 Å². The first kappa shape index (κ1) is 19.0. The van der Waals surface area contributed by atoms with Crippen LogP contribution >= 0.6 is 0 Å². The van der Waals surface area contributed by atoms with Crippen molar-refractivity contribution in [1.82, 2.24) is 0 Å². The van der Waals surface area contributed by atoms with E-state index in [4.69, 9.17) is 9.84 Å². The predicted molar refractivity (Wildman–Crippen MR) is 86.6 cm³/mol. The van der Waals surface area contributed by atoms with Crippen molar-refractivity contribution < 1.29 is 19.4 Å². The summed E-state index contributed by atoms with van der Waals surface area (Å²) in [6.07, 6.45) is 7.77. The Balaban J connectivity index is 2.45. The largest absolute Gasteiger partial charge is 0.481 e. The molecule has 3 unspecified atom stereocenters. The number of carbonyl (C=O) groups excluding carboxylic acids is 1. The van der Waals surface area contributed by atoms with Gasteiger partial charge in [-0.2, -0.15) is 0 Å². The maximum atomic E-state index is 12.3. The van der Waals surface area contributed by atoms with Crippen molar-refractivity contribution in [1.29, 1.82) is 0 Å². The van der Waals surface area contributed by atoms with Crippen LogP contribution in [-0.2, 0) is 14.3 Å². The monoisotopic (exact) mass is 312 g/mol. The molecule has 4 nitrogen and oxygen atoms in total. The average molecular weight is 312 g/mol. The number of carboxylic acids is 1. The molecule has 0 spiro atoms. The van der Waals surface area contributed by atoms with Crippen LogP contribution in [0.2, 0.25) is 0 Å². The molecular weight excluding hydrogens is 280 g/mol. The van der Waals surface area contributed by atoms with Crippen molar-refractivity contribution in [3.63, 3.8) is 0 Å². The summed E-state index contributed by atoms with van der Waals surface area (Å²) in [5.74, 6) is -0.877. The van der Waals surface area contributed by atoms with E-state index in [-0.39, 0.29) is 23.9 Å². The molecule has 0 aromatic carbocycles. The minimum atomic E-state index is -0.778. The molecule has 1 saturated carbocycles. The SMILES string of the molecule is CCCC(CCCC(C)C)OC(=O)C1CCCC(C(=O)O)C1. The van der Waals surface area contributed by atoms with E-state index in [2.05, 4.69) is 20.8 Å². The summed E-state index contributed by atoms with van der Waals surface area (Å²) in [6.45, 7) is 6.51. The third-order valence-corrected chi connectivity index (χ3v) is 4.56. The number of esters is 1. The number of hydrogen-bond acceptors (Lipinski definition) is 3. The van der Waals surface area contributed by atoms with Gasteiger partial charge in [-0.25, -0.2) is 0 Å². The predicted octanol–water partition coefficient (Wildman–Crippen LogP) is 4.42. The molecule has 0 aliphatic heterocycles. The highest BCUT2D eigenvalue weighted by Crippen LogP contribution is 2.31. The van der Waals surface area contributed by atoms with Gasteiger partial charge in [0.15, 0.2) is 0 Å². The Morgan fingerprint density at radius 2 is 1.82 bits per heavy atom. The molecule has 4 heteroatoms. The number of ether oxygens (including phenoxy) is 1. The van der Waals surface area contributed by atoms with Gasteiger partial charge in [-0.15, -0.1) is 0 Å². The van der Waals surface area contributed by atoms with Gasteiger partial charge in [0, 0.05) is 0 Å². The van der Waals surface area contributed by atoms with Crippen molar-refractivity contribution in [3.05, 3.63) is 0 Å². The molecule has 1 fully saturated rings. The van der Waals surface area contributed by atoms with Crippen LogP contribution in [0.1, 0.15) is 78.6 Å². The highest BCUT2D eigenvalue weighted by Gasteiger charge is 2.32. The molecule has 22 heavy (non-hydrogen) atoms. The van der Waals surface area contributed by atoms with Crippen LogP contribution in [0.5, 0.6) is 0 Å². The van der Waals surface area contributed by atoms with Crippen LogP contribution in [0.25, 0.3) is 0 Å². The van der Waals surface area contributed by atoms with Crippen molar-refractivity contribution in [3.8, 4) is 0 Å². The highest BCUT2D eigenvalue weighted by atomic mass is 16.5. The van der Waals surface area contributed by atoms with Crippen LogP contribution in [-0.4, -0.2) is 23.1 Å². The van der Waals surface area contributed by atoms with Crippen molar-refractivity contribution in [2.45, 2.75) is 84.7 Å². The smallest absolute Gasteiger partial charge is 0.309 e. The zero-order valence-electron chi connectivity index (χ0n) is 14.3. The molecular formula is C18H32O4. The second kappa shape index (κ2) is 9.86. The molecule has 0 amide bonds. The first-order valence-corrected chi connectivity index (χ1v) is 8.87. The molecule has 1 N–H and O–H groups in total. The number of aliphatic carboxylic acids is 1. The van der Waals surface area contributed by atoms with Gasteiger partial charge in [0.25, 0.3) is 0 Å². The fraction of sp³-hybridized carbons (Fsp3) is 0.889. The van der Waals surface area contributed by atoms with Gasteiger partial charge in [-0.1, -0.05) is 40.0 Å². The molecule has 0 aromatic heterocycles. The summed E-state index contributed by atoms with van der Waals surface area (Å²) in [4.78, 5) is 23.4. The minimum Gasteiger partial charge on any atom is -0.481 e. The van der Waals surface area contributed by atoms with E-state index in [1.165, 1.54) is 0 Å². The third kappa shape index (κ3) is 6.80. The van der Waals surface area contributed by atoms with Gasteiger partial charge in [0.1, 0.15) is 6.10 Å². The summed E-state index contributed by atoms with van der Waals surface area (Å²) in [7, 11) is 0. The lowest BCUT2D eigenvalue weighted by atomic mass is 9.81. The molecule has 0 saturated heterocycles. The fourth-order valence-electron chi connectivity index (χ4n) is 3.23. The van der Waals surface area contributed by atoms with E-state index < -0.39 is 5.97 Å². The standard InChI is InChI=1S/C18H32O4/c1-4-7-16(11-5-8-13(2)3)22-18(21)15-10-6-9-14(12-15)17(19)20/h13-16H,4-12H2,1-3H3,(H,19,20). The number of carboxylic acid groups (broad SMARTS) is 1. The average Bonchev–Trinajstić information content (AvgIpc) is 2.47. The Hall–Kier alpha value is -1.06. The molecule has 0 heterocycles. The molecule has 0 radical (unpaired) electrons. The normalized spacial score (nSPS) is 23.3. The quantitative estimate of drug-likeness (QED) is 0.640. The first-order chi connectivity index (χ1) is 10.4. The van der Waals surface area contributed by atoms with E-state index in [9.17, 15) is 9.59 Å². The van der Waals surface area contributed by atoms with Gasteiger partial charge in [-0.05, 0) is 44.4 Å². The van der Waals surface area contributed by atoms with Crippen LogP contribution in [0.3, 0.4) is 0 Å². The molecule has 0 bridgehead atoms. The maximum Gasteiger partial charge on any atom is 0.309 e. The van der Waals surface area contributed by atoms with E-state index >= 15 is 0 Å². The number of hydrogen-bond donors (Lipinski definition) is 1. The first-order valence-electron chi connectivity index (χ1n) is 8.87. The Morgan fingerprint density at radius 3 is 2.41 bits per heavy atom. The van der Waals surface area contributed by atoms with Crippen molar-refractivity contribution in [2.24, 2.45) is 17.8 Å². The Labute approximate surface area is 134 Å². The number of rotatable bonds is 9. The van der Waals surface area contributed by atoms with Gasteiger partial charge in [0.2, 0.25) is 0 Å². The Bertz CT molecular complexity index is 351. The summed E-state index contributed by atoms with van der Waals surface area (Å²) >= 11 is 0. The number of carbonyl (C=O) groups is 2. The molecule has 1 rings (SSSR count). The fourth-order valence-corrected chi connectivity index (χ4v) is 3.23. The summed E-state index contributed by atoms with van der Waals surface area (Å²) in [6, 6.07) is 0. The van der Waals surface area contributed by atoms with Gasteiger partial charge >= 0.3 is 11.9 Å². The van der Waals surface area contributed by atoms with Crippen LogP contribution in [0.4, 0.5) is 0 Å². The molecule has 3 atom stereocenters. The van der Waals surface area contributed by atoms with Gasteiger partial charge in [0.05, 0.1) is 11.8 Å². The van der Waals surface area contributed by atoms with E-state index in [1.807, 2.05) is 0 Å². The molecule has 128 valence electrons. The second-order valence-electron chi connectivity index (χ2n) is 7.07. The van der Waals surface area contributed by atoms with E-state index in [0.29, 0.717) is 18.8 Å². The Kier molecular flexibility index (Phi) is 8.51. The lowest BCUT2D eigenvalue weighted by Crippen LogP contribution is -2.31. The summed E-state index contributed by atoms with van der Waals surface area (Å²) in [5.41, 5.74) is 0. The van der Waals surface area contributed by atoms with Gasteiger partial charge < -0.3 is 9.84 Å². The van der Waals surface area contributed by atoms with Crippen molar-refractivity contribution in [2.75, 3.05) is 0 Å². The zero-order valence-corrected chi connectivity index (χ0v) is 14.3. The third-order valence-electron chi connectivity index (χ3n) is 4.56. The van der Waals surface area contributed by atoms with E-state index in [0.717, 1.165) is 44.9 Å².